The lowest BCUT2D eigenvalue weighted by atomic mass is 10.3. The summed E-state index contributed by atoms with van der Waals surface area (Å²) in [6, 6.07) is 7.62. The molecule has 3 rings (SSSR count). The molecule has 0 aliphatic heterocycles. The number of nitrogens with one attached hydrogen (secondary N) is 1. The summed E-state index contributed by atoms with van der Waals surface area (Å²) in [6.07, 6.45) is 4.92. The first-order valence-corrected chi connectivity index (χ1v) is 7.25. The number of aryl methyl sites for hydroxylation is 1. The fourth-order valence-electron chi connectivity index (χ4n) is 2.17. The molecule has 1 amide bonds. The molecule has 0 spiro atoms. The van der Waals surface area contributed by atoms with Crippen molar-refractivity contribution < 1.29 is 9.21 Å². The van der Waals surface area contributed by atoms with Gasteiger partial charge in [-0.25, -0.2) is 9.97 Å². The number of carbonyl (C=O) groups excluding carboxylic acids is 1. The number of para-hydroxylation sites is 2. The lowest BCUT2D eigenvalue weighted by Gasteiger charge is -2.03. The van der Waals surface area contributed by atoms with Crippen LogP contribution >= 0.6 is 0 Å². The number of amides is 1. The molecule has 0 atom stereocenters. The topological polar surface area (TPSA) is 85.8 Å². The minimum Gasteiger partial charge on any atom is -0.441 e. The van der Waals surface area contributed by atoms with E-state index in [0.29, 0.717) is 31.8 Å². The zero-order chi connectivity index (χ0) is 15.2. The lowest BCUT2D eigenvalue weighted by molar-refractivity contribution is -0.121. The molecule has 0 aliphatic rings. The van der Waals surface area contributed by atoms with Crippen LogP contribution in [0.1, 0.15) is 18.7 Å². The van der Waals surface area contributed by atoms with E-state index in [4.69, 9.17) is 4.42 Å². The van der Waals surface area contributed by atoms with E-state index in [2.05, 4.69) is 20.4 Å². The fourth-order valence-corrected chi connectivity index (χ4v) is 2.17. The van der Waals surface area contributed by atoms with Gasteiger partial charge in [-0.3, -0.25) is 9.48 Å². The molecule has 22 heavy (non-hydrogen) atoms. The molecule has 0 aliphatic carbocycles. The van der Waals surface area contributed by atoms with E-state index < -0.39 is 0 Å². The second kappa shape index (κ2) is 6.84. The van der Waals surface area contributed by atoms with Gasteiger partial charge in [0.1, 0.15) is 18.2 Å². The number of hydrogen-bond donors (Lipinski definition) is 1. The number of carbonyl (C=O) groups is 1. The zero-order valence-corrected chi connectivity index (χ0v) is 12.1. The maximum Gasteiger partial charge on any atom is 0.220 e. The van der Waals surface area contributed by atoms with Gasteiger partial charge in [-0.1, -0.05) is 12.1 Å². The van der Waals surface area contributed by atoms with Crippen molar-refractivity contribution in [3.05, 3.63) is 42.8 Å². The molecule has 7 nitrogen and oxygen atoms in total. The summed E-state index contributed by atoms with van der Waals surface area (Å²) in [7, 11) is 0. The van der Waals surface area contributed by atoms with Gasteiger partial charge in [-0.05, 0) is 18.6 Å². The quantitative estimate of drug-likeness (QED) is 0.715. The third kappa shape index (κ3) is 3.69. The Bertz CT molecular complexity index is 702. The molecule has 0 unspecified atom stereocenters. The Hall–Kier alpha value is -2.70. The van der Waals surface area contributed by atoms with Crippen LogP contribution in [0.5, 0.6) is 0 Å². The molecule has 7 heteroatoms. The highest BCUT2D eigenvalue weighted by atomic mass is 16.3. The van der Waals surface area contributed by atoms with Crippen molar-refractivity contribution in [2.75, 3.05) is 6.54 Å². The monoisotopic (exact) mass is 299 g/mol. The molecule has 1 N–H and O–H groups in total. The van der Waals surface area contributed by atoms with E-state index in [0.717, 1.165) is 17.5 Å². The van der Waals surface area contributed by atoms with Crippen LogP contribution in [0.2, 0.25) is 0 Å². The van der Waals surface area contributed by atoms with E-state index in [9.17, 15) is 4.79 Å². The smallest absolute Gasteiger partial charge is 0.220 e. The Kier molecular flexibility index (Phi) is 4.43. The van der Waals surface area contributed by atoms with Gasteiger partial charge in [0.25, 0.3) is 0 Å². The van der Waals surface area contributed by atoms with Gasteiger partial charge < -0.3 is 9.73 Å². The van der Waals surface area contributed by atoms with Gasteiger partial charge in [0.05, 0.1) is 0 Å². The summed E-state index contributed by atoms with van der Waals surface area (Å²) < 4.78 is 7.31. The van der Waals surface area contributed by atoms with Crippen LogP contribution < -0.4 is 5.32 Å². The SMILES string of the molecule is O=C(CCCn1cncn1)NCCc1nc2ccccc2o1. The van der Waals surface area contributed by atoms with Gasteiger partial charge in [0.2, 0.25) is 5.91 Å². The number of rotatable bonds is 7. The van der Waals surface area contributed by atoms with Crippen molar-refractivity contribution in [3.63, 3.8) is 0 Å². The first-order valence-electron chi connectivity index (χ1n) is 7.25. The Labute approximate surface area is 127 Å². The molecule has 1 aromatic carbocycles. The minimum absolute atomic E-state index is 0.0243. The molecule has 0 fully saturated rings. The highest BCUT2D eigenvalue weighted by molar-refractivity contribution is 5.75. The summed E-state index contributed by atoms with van der Waals surface area (Å²) in [5, 5.41) is 6.86. The van der Waals surface area contributed by atoms with Crippen LogP contribution in [0.25, 0.3) is 11.1 Å². The number of benzene rings is 1. The Morgan fingerprint density at radius 3 is 3.05 bits per heavy atom. The molecule has 0 saturated carbocycles. The number of nitrogens with zero attached hydrogens (tertiary/aromatic N) is 4. The molecule has 3 aromatic rings. The predicted octanol–water partition coefficient (Wildman–Crippen LogP) is 1.56. The summed E-state index contributed by atoms with van der Waals surface area (Å²) in [5.41, 5.74) is 1.62. The van der Waals surface area contributed by atoms with Crippen LogP contribution in [-0.2, 0) is 17.8 Å². The van der Waals surface area contributed by atoms with E-state index in [1.165, 1.54) is 6.33 Å². The second-order valence-corrected chi connectivity index (χ2v) is 4.94. The van der Waals surface area contributed by atoms with Crippen molar-refractivity contribution in [1.82, 2.24) is 25.1 Å². The standard InChI is InChI=1S/C15H17N5O2/c21-14(6-3-9-20-11-16-10-18-20)17-8-7-15-19-12-4-1-2-5-13(12)22-15/h1-2,4-5,10-11H,3,6-9H2,(H,17,21). The highest BCUT2D eigenvalue weighted by Crippen LogP contribution is 2.14. The highest BCUT2D eigenvalue weighted by Gasteiger charge is 2.06. The van der Waals surface area contributed by atoms with Crippen LogP contribution in [0.4, 0.5) is 0 Å². The van der Waals surface area contributed by atoms with Gasteiger partial charge in [-0.2, -0.15) is 5.10 Å². The molecular formula is C15H17N5O2. The first-order chi connectivity index (χ1) is 10.8. The third-order valence-corrected chi connectivity index (χ3v) is 3.26. The molecule has 0 radical (unpaired) electrons. The largest absolute Gasteiger partial charge is 0.441 e. The van der Waals surface area contributed by atoms with Gasteiger partial charge in [0, 0.05) is 25.9 Å². The second-order valence-electron chi connectivity index (χ2n) is 4.94. The van der Waals surface area contributed by atoms with Crippen molar-refractivity contribution in [3.8, 4) is 0 Å². The average molecular weight is 299 g/mol. The van der Waals surface area contributed by atoms with Crippen LogP contribution in [0.15, 0.2) is 41.3 Å². The maximum absolute atomic E-state index is 11.7. The molecular weight excluding hydrogens is 282 g/mol. The van der Waals surface area contributed by atoms with Crippen molar-refractivity contribution in [2.45, 2.75) is 25.8 Å². The zero-order valence-electron chi connectivity index (χ0n) is 12.1. The Morgan fingerprint density at radius 2 is 2.23 bits per heavy atom. The predicted molar refractivity (Wildman–Crippen MR) is 80.0 cm³/mol. The molecule has 2 aromatic heterocycles. The maximum atomic E-state index is 11.7. The minimum atomic E-state index is 0.0243. The van der Waals surface area contributed by atoms with Crippen molar-refractivity contribution in [1.29, 1.82) is 0 Å². The van der Waals surface area contributed by atoms with Gasteiger partial charge >= 0.3 is 0 Å². The van der Waals surface area contributed by atoms with Gasteiger partial charge in [0.15, 0.2) is 11.5 Å². The van der Waals surface area contributed by atoms with E-state index in [1.54, 1.807) is 11.0 Å². The van der Waals surface area contributed by atoms with Gasteiger partial charge in [-0.15, -0.1) is 0 Å². The summed E-state index contributed by atoms with van der Waals surface area (Å²) in [5.74, 6) is 0.667. The summed E-state index contributed by atoms with van der Waals surface area (Å²) >= 11 is 0. The molecule has 2 heterocycles. The third-order valence-electron chi connectivity index (χ3n) is 3.26. The molecule has 0 bridgehead atoms. The van der Waals surface area contributed by atoms with Crippen molar-refractivity contribution in [2.24, 2.45) is 0 Å². The summed E-state index contributed by atoms with van der Waals surface area (Å²) in [6.45, 7) is 1.22. The number of oxazole rings is 1. The number of hydrogen-bond acceptors (Lipinski definition) is 5. The van der Waals surface area contributed by atoms with Crippen molar-refractivity contribution >= 4 is 17.0 Å². The number of fused-ring (bicyclic) bond motifs is 1. The van der Waals surface area contributed by atoms with Crippen LogP contribution in [0, 0.1) is 0 Å². The normalized spacial score (nSPS) is 10.9. The Morgan fingerprint density at radius 1 is 1.32 bits per heavy atom. The lowest BCUT2D eigenvalue weighted by Crippen LogP contribution is -2.25. The van der Waals surface area contributed by atoms with Crippen LogP contribution in [-0.4, -0.2) is 32.2 Å². The Balaban J connectivity index is 1.38. The van der Waals surface area contributed by atoms with Crippen LogP contribution in [0.3, 0.4) is 0 Å². The van der Waals surface area contributed by atoms with E-state index >= 15 is 0 Å². The first kappa shape index (κ1) is 14.2. The molecule has 0 saturated heterocycles. The summed E-state index contributed by atoms with van der Waals surface area (Å²) in [4.78, 5) is 20.0. The average Bonchev–Trinajstić information content (AvgIpc) is 3.15. The van der Waals surface area contributed by atoms with E-state index in [-0.39, 0.29) is 5.91 Å². The van der Waals surface area contributed by atoms with E-state index in [1.807, 2.05) is 24.3 Å². The molecule has 114 valence electrons. The fraction of sp³-hybridized carbons (Fsp3) is 0.333. The number of aromatic nitrogens is 4.